The first-order chi connectivity index (χ1) is 11.5. The molecule has 2 aromatic rings. The largest absolute Gasteiger partial charge is 0.494 e. The molecule has 0 spiro atoms. The molecule has 0 aliphatic heterocycles. The van der Waals surface area contributed by atoms with Crippen LogP contribution in [-0.4, -0.2) is 19.7 Å². The minimum absolute atomic E-state index is 0.676. The Morgan fingerprint density at radius 1 is 0.917 bits per heavy atom. The molecule has 0 amide bonds. The second kappa shape index (κ2) is 9.21. The fourth-order valence-electron chi connectivity index (χ4n) is 2.41. The highest BCUT2D eigenvalue weighted by atomic mass is 16.5. The van der Waals surface area contributed by atoms with Gasteiger partial charge in [0.2, 0.25) is 0 Å². The maximum Gasteiger partial charge on any atom is 0.119 e. The Morgan fingerprint density at radius 3 is 2.33 bits per heavy atom. The van der Waals surface area contributed by atoms with Gasteiger partial charge in [0, 0.05) is 24.5 Å². The molecule has 2 rings (SSSR count). The van der Waals surface area contributed by atoms with Gasteiger partial charge < -0.3 is 15.4 Å². The van der Waals surface area contributed by atoms with Gasteiger partial charge in [0.1, 0.15) is 5.75 Å². The van der Waals surface area contributed by atoms with Crippen molar-refractivity contribution in [3.8, 4) is 5.75 Å². The smallest absolute Gasteiger partial charge is 0.119 e. The summed E-state index contributed by atoms with van der Waals surface area (Å²) in [5.74, 6) is 1.62. The van der Waals surface area contributed by atoms with Crippen LogP contribution in [0.25, 0.3) is 0 Å². The molecule has 0 saturated heterocycles. The molecular weight excluding hydrogens is 296 g/mol. The summed E-state index contributed by atoms with van der Waals surface area (Å²) in [6, 6.07) is 14.7. The molecule has 0 aliphatic rings. The van der Waals surface area contributed by atoms with Crippen molar-refractivity contribution in [1.29, 1.82) is 0 Å². The summed E-state index contributed by atoms with van der Waals surface area (Å²) in [6.45, 7) is 11.2. The van der Waals surface area contributed by atoms with Crippen molar-refractivity contribution in [2.45, 2.75) is 34.1 Å². The SMILES string of the molecule is Cc1ccc(C)c(NCCNc2ccc(OCCC(C)C)cc2)c1. The van der Waals surface area contributed by atoms with Crippen LogP contribution in [-0.2, 0) is 0 Å². The van der Waals surface area contributed by atoms with Crippen LogP contribution in [0.15, 0.2) is 42.5 Å². The van der Waals surface area contributed by atoms with Gasteiger partial charge in [-0.25, -0.2) is 0 Å². The molecule has 130 valence electrons. The van der Waals surface area contributed by atoms with Crippen molar-refractivity contribution in [3.63, 3.8) is 0 Å². The molecule has 0 unspecified atom stereocenters. The number of benzene rings is 2. The third-order valence-electron chi connectivity index (χ3n) is 3.98. The monoisotopic (exact) mass is 326 g/mol. The average molecular weight is 326 g/mol. The summed E-state index contributed by atoms with van der Waals surface area (Å²) in [5.41, 5.74) is 4.90. The van der Waals surface area contributed by atoms with Crippen LogP contribution < -0.4 is 15.4 Å². The van der Waals surface area contributed by atoms with E-state index in [2.05, 4.69) is 68.7 Å². The molecule has 2 aromatic carbocycles. The van der Waals surface area contributed by atoms with E-state index in [1.165, 1.54) is 16.8 Å². The Labute approximate surface area is 146 Å². The number of nitrogens with one attached hydrogen (secondary N) is 2. The summed E-state index contributed by atoms with van der Waals surface area (Å²) < 4.78 is 5.74. The van der Waals surface area contributed by atoms with Crippen molar-refractivity contribution in [1.82, 2.24) is 0 Å². The van der Waals surface area contributed by atoms with Gasteiger partial charge in [-0.1, -0.05) is 26.0 Å². The fourth-order valence-corrected chi connectivity index (χ4v) is 2.41. The average Bonchev–Trinajstić information content (AvgIpc) is 2.55. The summed E-state index contributed by atoms with van der Waals surface area (Å²) in [7, 11) is 0. The Balaban J connectivity index is 1.71. The number of hydrogen-bond acceptors (Lipinski definition) is 3. The van der Waals surface area contributed by atoms with Gasteiger partial charge in [0.25, 0.3) is 0 Å². The van der Waals surface area contributed by atoms with E-state index >= 15 is 0 Å². The second-order valence-electron chi connectivity index (χ2n) is 6.73. The van der Waals surface area contributed by atoms with E-state index in [-0.39, 0.29) is 0 Å². The van der Waals surface area contributed by atoms with Crippen LogP contribution >= 0.6 is 0 Å². The standard InChI is InChI=1S/C21H30N2O/c1-16(2)11-14-24-20-9-7-19(8-10-20)22-12-13-23-21-15-17(3)5-6-18(21)4/h5-10,15-16,22-23H,11-14H2,1-4H3. The number of rotatable bonds is 9. The molecule has 0 atom stereocenters. The highest BCUT2D eigenvalue weighted by Gasteiger charge is 1.99. The van der Waals surface area contributed by atoms with Crippen LogP contribution in [0.3, 0.4) is 0 Å². The van der Waals surface area contributed by atoms with E-state index in [0.29, 0.717) is 5.92 Å². The van der Waals surface area contributed by atoms with Crippen LogP contribution in [0, 0.1) is 19.8 Å². The third kappa shape index (κ3) is 6.15. The third-order valence-corrected chi connectivity index (χ3v) is 3.98. The quantitative estimate of drug-likeness (QED) is 0.617. The van der Waals surface area contributed by atoms with E-state index < -0.39 is 0 Å². The lowest BCUT2D eigenvalue weighted by molar-refractivity contribution is 0.289. The lowest BCUT2D eigenvalue weighted by Crippen LogP contribution is -2.14. The summed E-state index contributed by atoms with van der Waals surface area (Å²) in [6.07, 6.45) is 1.09. The summed E-state index contributed by atoms with van der Waals surface area (Å²) in [5, 5.41) is 6.92. The van der Waals surface area contributed by atoms with Crippen LogP contribution in [0.1, 0.15) is 31.4 Å². The summed E-state index contributed by atoms with van der Waals surface area (Å²) in [4.78, 5) is 0. The zero-order chi connectivity index (χ0) is 17.4. The van der Waals surface area contributed by atoms with E-state index in [1.54, 1.807) is 0 Å². The molecule has 0 bridgehead atoms. The minimum Gasteiger partial charge on any atom is -0.494 e. The lowest BCUT2D eigenvalue weighted by atomic mass is 10.1. The van der Waals surface area contributed by atoms with E-state index in [9.17, 15) is 0 Å². The zero-order valence-corrected chi connectivity index (χ0v) is 15.4. The molecule has 0 aromatic heterocycles. The lowest BCUT2D eigenvalue weighted by Gasteiger charge is -2.12. The first kappa shape index (κ1) is 18.2. The zero-order valence-electron chi connectivity index (χ0n) is 15.4. The fraction of sp³-hybridized carbons (Fsp3) is 0.429. The molecule has 0 aliphatic carbocycles. The van der Waals surface area contributed by atoms with Crippen molar-refractivity contribution in [3.05, 3.63) is 53.6 Å². The van der Waals surface area contributed by atoms with Gasteiger partial charge in [-0.2, -0.15) is 0 Å². The second-order valence-corrected chi connectivity index (χ2v) is 6.73. The minimum atomic E-state index is 0.676. The molecule has 3 heteroatoms. The van der Waals surface area contributed by atoms with Crippen molar-refractivity contribution < 1.29 is 4.74 Å². The van der Waals surface area contributed by atoms with Crippen LogP contribution in [0.5, 0.6) is 5.75 Å². The first-order valence-electron chi connectivity index (χ1n) is 8.82. The van der Waals surface area contributed by atoms with Gasteiger partial charge in [0.05, 0.1) is 6.61 Å². The van der Waals surface area contributed by atoms with Gasteiger partial charge in [-0.15, -0.1) is 0 Å². The number of aryl methyl sites for hydroxylation is 2. The van der Waals surface area contributed by atoms with Crippen molar-refractivity contribution in [2.75, 3.05) is 30.3 Å². The Hall–Kier alpha value is -2.16. The van der Waals surface area contributed by atoms with Crippen molar-refractivity contribution >= 4 is 11.4 Å². The molecule has 0 fully saturated rings. The maximum atomic E-state index is 5.74. The van der Waals surface area contributed by atoms with E-state index in [4.69, 9.17) is 4.74 Å². The maximum absolute atomic E-state index is 5.74. The molecular formula is C21H30N2O. The van der Waals surface area contributed by atoms with E-state index in [1.807, 2.05) is 12.1 Å². The van der Waals surface area contributed by atoms with Crippen molar-refractivity contribution in [2.24, 2.45) is 5.92 Å². The van der Waals surface area contributed by atoms with Gasteiger partial charge in [-0.3, -0.25) is 0 Å². The highest BCUT2D eigenvalue weighted by Crippen LogP contribution is 2.17. The van der Waals surface area contributed by atoms with Gasteiger partial charge in [0.15, 0.2) is 0 Å². The normalized spacial score (nSPS) is 10.7. The molecule has 0 radical (unpaired) electrons. The molecule has 0 saturated carbocycles. The van der Waals surface area contributed by atoms with Gasteiger partial charge in [-0.05, 0) is 67.6 Å². The molecule has 3 nitrogen and oxygen atoms in total. The number of anilines is 2. The van der Waals surface area contributed by atoms with Gasteiger partial charge >= 0.3 is 0 Å². The predicted octanol–water partition coefficient (Wildman–Crippen LogP) is 5.25. The molecule has 24 heavy (non-hydrogen) atoms. The number of hydrogen-bond donors (Lipinski definition) is 2. The Morgan fingerprint density at radius 2 is 1.62 bits per heavy atom. The molecule has 0 heterocycles. The highest BCUT2D eigenvalue weighted by molar-refractivity contribution is 5.53. The first-order valence-corrected chi connectivity index (χ1v) is 8.82. The predicted molar refractivity (Wildman–Crippen MR) is 104 cm³/mol. The number of ether oxygens (including phenoxy) is 1. The molecule has 2 N–H and O–H groups in total. The van der Waals surface area contributed by atoms with Crippen LogP contribution in [0.2, 0.25) is 0 Å². The van der Waals surface area contributed by atoms with E-state index in [0.717, 1.165) is 37.6 Å². The Bertz CT molecular complexity index is 620. The summed E-state index contributed by atoms with van der Waals surface area (Å²) >= 11 is 0. The topological polar surface area (TPSA) is 33.3 Å². The van der Waals surface area contributed by atoms with Crippen LogP contribution in [0.4, 0.5) is 11.4 Å². The Kier molecular flexibility index (Phi) is 6.98.